The minimum Gasteiger partial charge on any atom is -0.326 e. The van der Waals surface area contributed by atoms with E-state index in [1.54, 1.807) is 0 Å². The van der Waals surface area contributed by atoms with E-state index in [9.17, 15) is 0 Å². The molecule has 1 heterocycles. The highest BCUT2D eigenvalue weighted by molar-refractivity contribution is 5.32. The number of aryl methyl sites for hydroxylation is 2. The van der Waals surface area contributed by atoms with Crippen LogP contribution in [0.1, 0.15) is 43.0 Å². The summed E-state index contributed by atoms with van der Waals surface area (Å²) in [6.45, 7) is 9.96. The fourth-order valence-electron chi connectivity index (χ4n) is 3.04. The second kappa shape index (κ2) is 4.79. The normalized spacial score (nSPS) is 25.8. The van der Waals surface area contributed by atoms with E-state index < -0.39 is 0 Å². The van der Waals surface area contributed by atoms with Gasteiger partial charge in [0.1, 0.15) is 0 Å². The second-order valence-electron chi connectivity index (χ2n) is 5.65. The molecule has 0 radical (unpaired) electrons. The van der Waals surface area contributed by atoms with Crippen molar-refractivity contribution in [2.45, 2.75) is 52.2 Å². The van der Waals surface area contributed by atoms with Crippen LogP contribution in [0.25, 0.3) is 0 Å². The molecule has 2 nitrogen and oxygen atoms in total. The van der Waals surface area contributed by atoms with Crippen LogP contribution in [-0.2, 0) is 0 Å². The molecule has 0 aromatic heterocycles. The predicted molar refractivity (Wildman–Crippen MR) is 73.1 cm³/mol. The van der Waals surface area contributed by atoms with Crippen LogP contribution in [0, 0.1) is 13.8 Å². The molecule has 1 aromatic carbocycles. The van der Waals surface area contributed by atoms with Crippen molar-refractivity contribution in [3.8, 4) is 0 Å². The minimum atomic E-state index is 0.276. The standard InChI is InChI=1S/C15H24N2/c1-10(2)17-6-5-14(16)15(17)13-8-11(3)7-12(4)9-13/h7-10,14-15H,5-6,16H2,1-4H3/t14-,15+/m1/s1. The van der Waals surface area contributed by atoms with E-state index in [1.807, 2.05) is 0 Å². The maximum atomic E-state index is 6.30. The molecule has 0 bridgehead atoms. The van der Waals surface area contributed by atoms with Crippen LogP contribution in [0.15, 0.2) is 18.2 Å². The second-order valence-corrected chi connectivity index (χ2v) is 5.65. The van der Waals surface area contributed by atoms with E-state index in [0.29, 0.717) is 12.1 Å². The molecule has 0 saturated carbocycles. The summed E-state index contributed by atoms with van der Waals surface area (Å²) in [6, 6.07) is 8.04. The fourth-order valence-corrected chi connectivity index (χ4v) is 3.04. The zero-order chi connectivity index (χ0) is 12.6. The van der Waals surface area contributed by atoms with Gasteiger partial charge >= 0.3 is 0 Å². The van der Waals surface area contributed by atoms with Crippen molar-refractivity contribution in [2.24, 2.45) is 5.73 Å². The zero-order valence-electron chi connectivity index (χ0n) is 11.4. The smallest absolute Gasteiger partial charge is 0.0502 e. The zero-order valence-corrected chi connectivity index (χ0v) is 11.4. The van der Waals surface area contributed by atoms with Gasteiger partial charge in [0, 0.05) is 18.6 Å². The summed E-state index contributed by atoms with van der Waals surface area (Å²) < 4.78 is 0. The van der Waals surface area contributed by atoms with E-state index >= 15 is 0 Å². The van der Waals surface area contributed by atoms with Crippen molar-refractivity contribution in [1.82, 2.24) is 4.90 Å². The molecule has 1 aliphatic heterocycles. The first-order valence-electron chi connectivity index (χ1n) is 6.58. The molecule has 0 aliphatic carbocycles. The Bertz CT molecular complexity index is 378. The van der Waals surface area contributed by atoms with Crippen LogP contribution in [0.3, 0.4) is 0 Å². The largest absolute Gasteiger partial charge is 0.326 e. The molecule has 17 heavy (non-hydrogen) atoms. The average molecular weight is 232 g/mol. The summed E-state index contributed by atoms with van der Waals surface area (Å²) in [5, 5.41) is 0. The number of likely N-dealkylation sites (tertiary alicyclic amines) is 1. The van der Waals surface area contributed by atoms with Crippen molar-refractivity contribution in [3.63, 3.8) is 0 Å². The van der Waals surface area contributed by atoms with E-state index in [1.165, 1.54) is 16.7 Å². The Balaban J connectivity index is 2.36. The van der Waals surface area contributed by atoms with Crippen molar-refractivity contribution in [1.29, 1.82) is 0 Å². The van der Waals surface area contributed by atoms with E-state index in [4.69, 9.17) is 5.73 Å². The molecule has 2 heteroatoms. The maximum Gasteiger partial charge on any atom is 0.0502 e. The Kier molecular flexibility index (Phi) is 3.55. The lowest BCUT2D eigenvalue weighted by Crippen LogP contribution is -2.36. The van der Waals surface area contributed by atoms with Gasteiger partial charge in [-0.1, -0.05) is 29.3 Å². The topological polar surface area (TPSA) is 29.3 Å². The molecule has 2 rings (SSSR count). The van der Waals surface area contributed by atoms with Gasteiger partial charge in [0.25, 0.3) is 0 Å². The lowest BCUT2D eigenvalue weighted by Gasteiger charge is -2.31. The van der Waals surface area contributed by atoms with Gasteiger partial charge in [0.2, 0.25) is 0 Å². The Labute approximate surface area is 105 Å². The molecule has 94 valence electrons. The molecule has 0 unspecified atom stereocenters. The monoisotopic (exact) mass is 232 g/mol. The van der Waals surface area contributed by atoms with Gasteiger partial charge in [-0.25, -0.2) is 0 Å². The van der Waals surface area contributed by atoms with Gasteiger partial charge < -0.3 is 5.73 Å². The molecule has 1 saturated heterocycles. The number of nitrogens with two attached hydrogens (primary N) is 1. The summed E-state index contributed by atoms with van der Waals surface area (Å²) in [5.41, 5.74) is 10.4. The number of nitrogens with zero attached hydrogens (tertiary/aromatic N) is 1. The molecule has 1 aliphatic rings. The molecule has 2 N–H and O–H groups in total. The minimum absolute atomic E-state index is 0.276. The molecule has 0 spiro atoms. The van der Waals surface area contributed by atoms with Crippen LogP contribution < -0.4 is 5.73 Å². The third-order valence-electron chi connectivity index (χ3n) is 3.73. The quantitative estimate of drug-likeness (QED) is 0.849. The number of hydrogen-bond acceptors (Lipinski definition) is 2. The van der Waals surface area contributed by atoms with Gasteiger partial charge in [-0.2, -0.15) is 0 Å². The highest BCUT2D eigenvalue weighted by Gasteiger charge is 2.34. The summed E-state index contributed by atoms with van der Waals surface area (Å²) in [7, 11) is 0. The predicted octanol–water partition coefficient (Wildman–Crippen LogP) is 2.79. The first-order valence-corrected chi connectivity index (χ1v) is 6.58. The fraction of sp³-hybridized carbons (Fsp3) is 0.600. The number of rotatable bonds is 2. The lowest BCUT2D eigenvalue weighted by molar-refractivity contribution is 0.198. The highest BCUT2D eigenvalue weighted by atomic mass is 15.2. The van der Waals surface area contributed by atoms with Crippen molar-refractivity contribution in [3.05, 3.63) is 34.9 Å². The summed E-state index contributed by atoms with van der Waals surface area (Å²) in [6.07, 6.45) is 1.11. The van der Waals surface area contributed by atoms with Crippen molar-refractivity contribution in [2.75, 3.05) is 6.54 Å². The molecule has 0 amide bonds. The Morgan fingerprint density at radius 3 is 2.29 bits per heavy atom. The SMILES string of the molecule is Cc1cc(C)cc([C@H]2[C@H](N)CCN2C(C)C)c1. The van der Waals surface area contributed by atoms with Crippen LogP contribution in [0.5, 0.6) is 0 Å². The van der Waals surface area contributed by atoms with Gasteiger partial charge in [-0.3, -0.25) is 4.90 Å². The summed E-state index contributed by atoms with van der Waals surface area (Å²) >= 11 is 0. The van der Waals surface area contributed by atoms with Gasteiger partial charge in [-0.05, 0) is 39.7 Å². The van der Waals surface area contributed by atoms with Crippen molar-refractivity contribution < 1.29 is 0 Å². The van der Waals surface area contributed by atoms with Crippen LogP contribution >= 0.6 is 0 Å². The third-order valence-corrected chi connectivity index (χ3v) is 3.73. The van der Waals surface area contributed by atoms with E-state index in [-0.39, 0.29) is 6.04 Å². The Morgan fingerprint density at radius 2 is 1.76 bits per heavy atom. The molecular weight excluding hydrogens is 208 g/mol. The summed E-state index contributed by atoms with van der Waals surface area (Å²) in [5.74, 6) is 0. The van der Waals surface area contributed by atoms with Crippen LogP contribution in [0.4, 0.5) is 0 Å². The van der Waals surface area contributed by atoms with Gasteiger partial charge in [0.05, 0.1) is 6.04 Å². The Morgan fingerprint density at radius 1 is 1.18 bits per heavy atom. The summed E-state index contributed by atoms with van der Waals surface area (Å²) in [4.78, 5) is 2.53. The lowest BCUT2D eigenvalue weighted by atomic mass is 9.96. The van der Waals surface area contributed by atoms with Crippen LogP contribution in [-0.4, -0.2) is 23.5 Å². The van der Waals surface area contributed by atoms with E-state index in [0.717, 1.165) is 13.0 Å². The van der Waals surface area contributed by atoms with E-state index in [2.05, 4.69) is 50.8 Å². The van der Waals surface area contributed by atoms with Crippen LogP contribution in [0.2, 0.25) is 0 Å². The van der Waals surface area contributed by atoms with Gasteiger partial charge in [-0.15, -0.1) is 0 Å². The average Bonchev–Trinajstić information content (AvgIpc) is 2.58. The molecule has 2 atom stereocenters. The van der Waals surface area contributed by atoms with Gasteiger partial charge in [0.15, 0.2) is 0 Å². The first-order chi connectivity index (χ1) is 7.99. The highest BCUT2D eigenvalue weighted by Crippen LogP contribution is 2.33. The maximum absolute atomic E-state index is 6.30. The third kappa shape index (κ3) is 2.53. The molecule has 1 aromatic rings. The molecule has 1 fully saturated rings. The number of benzene rings is 1. The number of hydrogen-bond donors (Lipinski definition) is 1. The van der Waals surface area contributed by atoms with Crippen molar-refractivity contribution >= 4 is 0 Å². The Hall–Kier alpha value is -0.860. The molecular formula is C15H24N2. The first kappa shape index (κ1) is 12.6.